The van der Waals surface area contributed by atoms with Crippen molar-refractivity contribution in [1.29, 1.82) is 0 Å². The summed E-state index contributed by atoms with van der Waals surface area (Å²) < 4.78 is 4.36. The molecule has 68 valence electrons. The van der Waals surface area contributed by atoms with Crippen LogP contribution in [0.25, 0.3) is 0 Å². The first-order chi connectivity index (χ1) is 5.57. The maximum Gasteiger partial charge on any atom is 0.378 e. The van der Waals surface area contributed by atoms with Crippen LogP contribution in [0.1, 0.15) is 0 Å². The van der Waals surface area contributed by atoms with Crippen LogP contribution in [0, 0.1) is 0 Å². The van der Waals surface area contributed by atoms with Gasteiger partial charge in [-0.15, -0.1) is 0 Å². The molecule has 0 atom stereocenters. The molecule has 0 amide bonds. The van der Waals surface area contributed by atoms with E-state index in [0.29, 0.717) is 0 Å². The SMILES string of the molecule is O=C1OC(CO)(CO)C(O)=C1O. The monoisotopic (exact) mass is 176 g/mol. The number of esters is 1. The van der Waals surface area contributed by atoms with Gasteiger partial charge in [0, 0.05) is 0 Å². The molecule has 6 nitrogen and oxygen atoms in total. The van der Waals surface area contributed by atoms with Crippen molar-refractivity contribution in [3.05, 3.63) is 11.5 Å². The summed E-state index contributed by atoms with van der Waals surface area (Å²) in [7, 11) is 0. The Morgan fingerprint density at radius 1 is 1.25 bits per heavy atom. The molecule has 1 aliphatic heterocycles. The normalized spacial score (nSPS) is 21.3. The number of cyclic esters (lactones) is 1. The molecule has 0 aromatic heterocycles. The second kappa shape index (κ2) is 2.65. The molecule has 6 heteroatoms. The lowest BCUT2D eigenvalue weighted by Gasteiger charge is -2.21. The molecule has 0 saturated heterocycles. The van der Waals surface area contributed by atoms with Crippen LogP contribution in [0.3, 0.4) is 0 Å². The number of hydrogen-bond donors (Lipinski definition) is 4. The largest absolute Gasteiger partial charge is 0.505 e. The second-order valence-electron chi connectivity index (χ2n) is 2.40. The highest BCUT2D eigenvalue weighted by molar-refractivity contribution is 5.89. The highest BCUT2D eigenvalue weighted by Crippen LogP contribution is 2.28. The van der Waals surface area contributed by atoms with Gasteiger partial charge in [0.05, 0.1) is 13.2 Å². The summed E-state index contributed by atoms with van der Waals surface area (Å²) in [6.45, 7) is -1.57. The number of aliphatic hydroxyl groups is 4. The van der Waals surface area contributed by atoms with E-state index in [1.807, 2.05) is 0 Å². The van der Waals surface area contributed by atoms with Gasteiger partial charge in [-0.25, -0.2) is 4.79 Å². The summed E-state index contributed by atoms with van der Waals surface area (Å²) in [4.78, 5) is 10.6. The van der Waals surface area contributed by atoms with Crippen LogP contribution in [0.4, 0.5) is 0 Å². The van der Waals surface area contributed by atoms with Crippen LogP contribution >= 0.6 is 0 Å². The average Bonchev–Trinajstić information content (AvgIpc) is 2.30. The van der Waals surface area contributed by atoms with Crippen LogP contribution in [-0.2, 0) is 9.53 Å². The van der Waals surface area contributed by atoms with Crippen LogP contribution in [0.15, 0.2) is 11.5 Å². The fourth-order valence-electron chi connectivity index (χ4n) is 0.851. The standard InChI is InChI=1S/C6H8O6/c7-1-6(2-8)4(10)3(9)5(11)12-6/h7-10H,1-2H2. The summed E-state index contributed by atoms with van der Waals surface area (Å²) in [5, 5.41) is 35.2. The summed E-state index contributed by atoms with van der Waals surface area (Å²) in [6.07, 6.45) is 0. The summed E-state index contributed by atoms with van der Waals surface area (Å²) in [6, 6.07) is 0. The highest BCUT2D eigenvalue weighted by Gasteiger charge is 2.48. The van der Waals surface area contributed by atoms with Gasteiger partial charge in [0.15, 0.2) is 5.76 Å². The Labute approximate surface area is 67.3 Å². The Hall–Kier alpha value is -1.27. The first kappa shape index (κ1) is 8.82. The van der Waals surface area contributed by atoms with Gasteiger partial charge in [-0.05, 0) is 0 Å². The van der Waals surface area contributed by atoms with Gasteiger partial charge in [0.25, 0.3) is 0 Å². The van der Waals surface area contributed by atoms with E-state index in [2.05, 4.69) is 4.74 Å². The van der Waals surface area contributed by atoms with Crippen molar-refractivity contribution >= 4 is 5.97 Å². The summed E-state index contributed by atoms with van der Waals surface area (Å²) >= 11 is 0. The maximum absolute atomic E-state index is 10.6. The fourth-order valence-corrected chi connectivity index (χ4v) is 0.851. The minimum absolute atomic E-state index is 0.787. The molecule has 4 N–H and O–H groups in total. The highest BCUT2D eigenvalue weighted by atomic mass is 16.6. The Morgan fingerprint density at radius 3 is 1.92 bits per heavy atom. The number of ether oxygens (including phenoxy) is 1. The zero-order valence-corrected chi connectivity index (χ0v) is 6.02. The van der Waals surface area contributed by atoms with E-state index in [4.69, 9.17) is 20.4 Å². The van der Waals surface area contributed by atoms with Crippen LogP contribution in [0.2, 0.25) is 0 Å². The average molecular weight is 176 g/mol. The molecule has 0 spiro atoms. The van der Waals surface area contributed by atoms with Gasteiger partial charge in [-0.3, -0.25) is 0 Å². The number of carbonyl (C=O) groups is 1. The molecular weight excluding hydrogens is 168 g/mol. The van der Waals surface area contributed by atoms with E-state index in [9.17, 15) is 4.79 Å². The van der Waals surface area contributed by atoms with Gasteiger partial charge >= 0.3 is 5.97 Å². The van der Waals surface area contributed by atoms with E-state index in [-0.39, 0.29) is 0 Å². The molecule has 1 heterocycles. The quantitative estimate of drug-likeness (QED) is 0.385. The summed E-state index contributed by atoms with van der Waals surface area (Å²) in [5.74, 6) is -2.97. The maximum atomic E-state index is 10.6. The van der Waals surface area contributed by atoms with Crippen molar-refractivity contribution in [3.63, 3.8) is 0 Å². The van der Waals surface area contributed by atoms with Crippen molar-refractivity contribution in [2.75, 3.05) is 13.2 Å². The molecule has 0 bridgehead atoms. The molecule has 0 aliphatic carbocycles. The first-order valence-electron chi connectivity index (χ1n) is 3.15. The zero-order valence-electron chi connectivity index (χ0n) is 6.02. The lowest BCUT2D eigenvalue weighted by Crippen LogP contribution is -2.40. The van der Waals surface area contributed by atoms with E-state index in [1.54, 1.807) is 0 Å². The Morgan fingerprint density at radius 2 is 1.75 bits per heavy atom. The van der Waals surface area contributed by atoms with Crippen LogP contribution in [-0.4, -0.2) is 45.2 Å². The van der Waals surface area contributed by atoms with E-state index < -0.39 is 36.3 Å². The van der Waals surface area contributed by atoms with E-state index in [0.717, 1.165) is 0 Å². The molecule has 0 aromatic rings. The Balaban J connectivity index is 3.05. The van der Waals surface area contributed by atoms with E-state index >= 15 is 0 Å². The topological polar surface area (TPSA) is 107 Å². The van der Waals surface area contributed by atoms with E-state index in [1.165, 1.54) is 0 Å². The fraction of sp³-hybridized carbons (Fsp3) is 0.500. The third kappa shape index (κ3) is 0.926. The molecule has 0 fully saturated rings. The number of hydrogen-bond acceptors (Lipinski definition) is 6. The molecule has 0 saturated carbocycles. The predicted octanol–water partition coefficient (Wildman–Crippen LogP) is -1.41. The number of rotatable bonds is 2. The van der Waals surface area contributed by atoms with Crippen LogP contribution < -0.4 is 0 Å². The van der Waals surface area contributed by atoms with Gasteiger partial charge < -0.3 is 25.2 Å². The Bertz CT molecular complexity index is 238. The lowest BCUT2D eigenvalue weighted by atomic mass is 10.1. The molecule has 0 radical (unpaired) electrons. The molecule has 0 aromatic carbocycles. The van der Waals surface area contributed by atoms with Gasteiger partial charge in [0.2, 0.25) is 11.4 Å². The summed E-state index contributed by atoms with van der Waals surface area (Å²) in [5.41, 5.74) is -1.87. The molecule has 1 rings (SSSR count). The minimum atomic E-state index is -1.87. The lowest BCUT2D eigenvalue weighted by molar-refractivity contribution is -0.157. The van der Waals surface area contributed by atoms with Crippen molar-refractivity contribution in [3.8, 4) is 0 Å². The van der Waals surface area contributed by atoms with Crippen LogP contribution in [0.5, 0.6) is 0 Å². The molecule has 0 unspecified atom stereocenters. The predicted molar refractivity (Wildman–Crippen MR) is 35.3 cm³/mol. The second-order valence-corrected chi connectivity index (χ2v) is 2.40. The molecular formula is C6H8O6. The molecule has 1 aliphatic rings. The number of aliphatic hydroxyl groups excluding tert-OH is 4. The van der Waals surface area contributed by atoms with Gasteiger partial charge in [0.1, 0.15) is 0 Å². The van der Waals surface area contributed by atoms with Crippen molar-refractivity contribution < 1.29 is 30.0 Å². The zero-order chi connectivity index (χ0) is 9.35. The number of carbonyl (C=O) groups excluding carboxylic acids is 1. The third-order valence-electron chi connectivity index (χ3n) is 1.65. The van der Waals surface area contributed by atoms with Crippen molar-refractivity contribution in [1.82, 2.24) is 0 Å². The third-order valence-corrected chi connectivity index (χ3v) is 1.65. The van der Waals surface area contributed by atoms with Crippen molar-refractivity contribution in [2.24, 2.45) is 0 Å². The van der Waals surface area contributed by atoms with Gasteiger partial charge in [-0.1, -0.05) is 0 Å². The van der Waals surface area contributed by atoms with Gasteiger partial charge in [-0.2, -0.15) is 0 Å². The Kier molecular flexibility index (Phi) is 1.95. The first-order valence-corrected chi connectivity index (χ1v) is 3.15. The smallest absolute Gasteiger partial charge is 0.378 e. The van der Waals surface area contributed by atoms with Crippen molar-refractivity contribution in [2.45, 2.75) is 5.60 Å². The molecule has 12 heavy (non-hydrogen) atoms. The minimum Gasteiger partial charge on any atom is -0.505 e.